The number of carbonyl (C=O) groups excluding carboxylic acids is 4. The van der Waals surface area contributed by atoms with Crippen molar-refractivity contribution in [3.8, 4) is 0 Å². The number of nitrogens with zero attached hydrogens (tertiary/aromatic N) is 2. The van der Waals surface area contributed by atoms with Gasteiger partial charge in [-0.3, -0.25) is 0 Å². The SMILES string of the molecule is C.C.C.C.C.C.CC(C)=C(C)CO.CC(C)=C(C)COC(=O)NCNC(=O)OCC(C)=C(C)C.O=C=NCN=C=O. The quantitative estimate of drug-likeness (QED) is 0.106. The average Bonchev–Trinajstić information content (AvgIpc) is 2.81. The summed E-state index contributed by atoms with van der Waals surface area (Å²) in [6, 6.07) is 0. The van der Waals surface area contributed by atoms with Gasteiger partial charge in [-0.1, -0.05) is 61.3 Å². The number of aliphatic imine (C=N–C) groups is 2. The standard InChI is InChI=1S/C15H26N2O4.C6H12O.C3H2N2O2.6CH4/c1-10(2)12(5)7-20-14(18)16-9-17-15(19)21-8-13(6)11(3)4;1-5(2)6(3)4-7;6-2-4-1-5-3-7;;;;;;/h7-9H2,1-6H3,(H,16,18)(H,17,19);7H,4H2,1-3H3;1H2;6*1H4. The van der Waals surface area contributed by atoms with Crippen LogP contribution < -0.4 is 10.6 Å². The Balaban J connectivity index is -0.0000000618. The molecule has 0 bridgehead atoms. The summed E-state index contributed by atoms with van der Waals surface area (Å²) in [5, 5.41) is 13.3. The van der Waals surface area contributed by atoms with Crippen LogP contribution in [0, 0.1) is 0 Å². The van der Waals surface area contributed by atoms with Crippen molar-refractivity contribution in [2.75, 3.05) is 33.2 Å². The first-order valence-electron chi connectivity index (χ1n) is 10.7. The summed E-state index contributed by atoms with van der Waals surface area (Å²) in [6.45, 7) is 17.9. The van der Waals surface area contributed by atoms with Crippen molar-refractivity contribution in [3.63, 3.8) is 0 Å². The van der Waals surface area contributed by atoms with E-state index in [1.54, 1.807) is 0 Å². The second-order valence-corrected chi connectivity index (χ2v) is 7.82. The molecule has 246 valence electrons. The van der Waals surface area contributed by atoms with Gasteiger partial charge in [0.1, 0.15) is 13.2 Å². The van der Waals surface area contributed by atoms with Gasteiger partial charge in [-0.25, -0.2) is 19.2 Å². The number of ether oxygens (including phenoxy) is 2. The lowest BCUT2D eigenvalue weighted by Crippen LogP contribution is -2.38. The molecule has 0 heterocycles. The van der Waals surface area contributed by atoms with Crippen molar-refractivity contribution >= 4 is 24.3 Å². The van der Waals surface area contributed by atoms with Crippen LogP contribution in [0.1, 0.15) is 107 Å². The Hall–Kier alpha value is -3.52. The normalized spacial score (nSPS) is 7.27. The summed E-state index contributed by atoms with van der Waals surface area (Å²) in [4.78, 5) is 47.0. The van der Waals surface area contributed by atoms with Crippen LogP contribution >= 0.6 is 0 Å². The van der Waals surface area contributed by atoms with Gasteiger partial charge < -0.3 is 25.2 Å². The average molecular weight is 593 g/mol. The molecule has 0 atom stereocenters. The van der Waals surface area contributed by atoms with Crippen LogP contribution in [0.4, 0.5) is 9.59 Å². The smallest absolute Gasteiger partial charge is 0.408 e. The summed E-state index contributed by atoms with van der Waals surface area (Å²) >= 11 is 0. The third-order valence-corrected chi connectivity index (χ3v) is 4.37. The molecule has 0 rings (SSSR count). The maximum absolute atomic E-state index is 11.4. The van der Waals surface area contributed by atoms with E-state index in [1.165, 1.54) is 17.7 Å². The van der Waals surface area contributed by atoms with E-state index in [9.17, 15) is 19.2 Å². The molecule has 0 unspecified atom stereocenters. The minimum Gasteiger partial charge on any atom is -0.445 e. The van der Waals surface area contributed by atoms with Crippen molar-refractivity contribution in [3.05, 3.63) is 33.4 Å². The highest BCUT2D eigenvalue weighted by Crippen LogP contribution is 2.02. The second-order valence-electron chi connectivity index (χ2n) is 7.82. The maximum Gasteiger partial charge on any atom is 0.408 e. The number of hydrogen-bond donors (Lipinski definition) is 3. The molecule has 0 saturated heterocycles. The van der Waals surface area contributed by atoms with E-state index in [-0.39, 0.29) is 77.7 Å². The van der Waals surface area contributed by atoms with Gasteiger partial charge in [0.25, 0.3) is 0 Å². The second kappa shape index (κ2) is 41.0. The number of rotatable bonds is 9. The fourth-order valence-corrected chi connectivity index (χ4v) is 1.18. The molecule has 11 nitrogen and oxygen atoms in total. The Labute approximate surface area is 252 Å². The zero-order valence-electron chi connectivity index (χ0n) is 22.3. The lowest BCUT2D eigenvalue weighted by molar-refractivity contribution is 0.147. The summed E-state index contributed by atoms with van der Waals surface area (Å²) < 4.78 is 9.94. The molecule has 41 heavy (non-hydrogen) atoms. The zero-order chi connectivity index (χ0) is 27.8. The first kappa shape index (κ1) is 61.5. The molecule has 0 saturated carbocycles. The summed E-state index contributed by atoms with van der Waals surface area (Å²) in [6.07, 6.45) is 1.24. The van der Waals surface area contributed by atoms with Gasteiger partial charge in [0.15, 0.2) is 6.67 Å². The maximum atomic E-state index is 11.4. The van der Waals surface area contributed by atoms with Crippen molar-refractivity contribution < 1.29 is 33.8 Å². The molecule has 0 aromatic carbocycles. The van der Waals surface area contributed by atoms with E-state index in [0.29, 0.717) is 0 Å². The lowest BCUT2D eigenvalue weighted by Gasteiger charge is -2.10. The van der Waals surface area contributed by atoms with Crippen LogP contribution in [0.5, 0.6) is 0 Å². The van der Waals surface area contributed by atoms with Gasteiger partial charge >= 0.3 is 12.2 Å². The highest BCUT2D eigenvalue weighted by molar-refractivity contribution is 5.70. The number of hydrogen-bond acceptors (Lipinski definition) is 9. The number of carbonyl (C=O) groups is 2. The van der Waals surface area contributed by atoms with E-state index >= 15 is 0 Å². The minimum absolute atomic E-state index is 0. The Bertz CT molecular complexity index is 783. The summed E-state index contributed by atoms with van der Waals surface area (Å²) in [5.74, 6) is 0. The van der Waals surface area contributed by atoms with Gasteiger partial charge in [-0.15, -0.1) is 0 Å². The monoisotopic (exact) mass is 592 g/mol. The predicted octanol–water partition coefficient (Wildman–Crippen LogP) is 7.88. The Kier molecular flexibility index (Phi) is 61.4. The van der Waals surface area contributed by atoms with Crippen molar-refractivity contribution in [2.45, 2.75) is 107 Å². The topological polar surface area (TPSA) is 156 Å². The van der Waals surface area contributed by atoms with Crippen LogP contribution in [-0.2, 0) is 19.1 Å². The molecule has 0 aromatic heterocycles. The fraction of sp³-hybridized carbons (Fsp3) is 0.667. The molecule has 0 spiro atoms. The van der Waals surface area contributed by atoms with E-state index in [1.807, 2.05) is 62.3 Å². The molecule has 2 amide bonds. The van der Waals surface area contributed by atoms with Gasteiger partial charge in [0.05, 0.1) is 13.3 Å². The van der Waals surface area contributed by atoms with Crippen molar-refractivity contribution in [1.82, 2.24) is 10.6 Å². The Morgan fingerprint density at radius 3 is 1.10 bits per heavy atom. The zero-order valence-corrected chi connectivity index (χ0v) is 22.3. The first-order valence-corrected chi connectivity index (χ1v) is 10.7. The van der Waals surface area contributed by atoms with Gasteiger partial charge in [0, 0.05) is 0 Å². The Morgan fingerprint density at radius 2 is 0.902 bits per heavy atom. The van der Waals surface area contributed by atoms with E-state index < -0.39 is 12.2 Å². The number of allylic oxidation sites excluding steroid dienone is 3. The number of aliphatic hydroxyl groups excluding tert-OH is 1. The molecular weight excluding hydrogens is 528 g/mol. The van der Waals surface area contributed by atoms with Gasteiger partial charge in [0.2, 0.25) is 12.2 Å². The number of aliphatic hydroxyl groups is 1. The van der Waals surface area contributed by atoms with Crippen molar-refractivity contribution in [2.24, 2.45) is 9.98 Å². The van der Waals surface area contributed by atoms with E-state index in [4.69, 9.17) is 14.6 Å². The molecule has 3 N–H and O–H groups in total. The molecule has 0 aliphatic heterocycles. The molecule has 0 aromatic rings. The lowest BCUT2D eigenvalue weighted by atomic mass is 10.2. The number of nitrogens with one attached hydrogen (secondary N) is 2. The van der Waals surface area contributed by atoms with E-state index in [2.05, 4.69) is 20.6 Å². The third kappa shape index (κ3) is 46.7. The van der Waals surface area contributed by atoms with Crippen LogP contribution in [0.3, 0.4) is 0 Å². The van der Waals surface area contributed by atoms with Gasteiger partial charge in [-0.2, -0.15) is 9.98 Å². The molecule has 0 fully saturated rings. The fourth-order valence-electron chi connectivity index (χ4n) is 1.18. The largest absolute Gasteiger partial charge is 0.445 e. The highest BCUT2D eigenvalue weighted by atomic mass is 16.6. The van der Waals surface area contributed by atoms with Crippen LogP contribution in [-0.4, -0.2) is 62.6 Å². The van der Waals surface area contributed by atoms with Crippen molar-refractivity contribution in [1.29, 1.82) is 0 Å². The molecule has 0 aliphatic rings. The summed E-state index contributed by atoms with van der Waals surface area (Å²) in [5.41, 5.74) is 6.49. The van der Waals surface area contributed by atoms with Crippen LogP contribution in [0.15, 0.2) is 43.4 Å². The molecule has 11 heteroatoms. The molecule has 0 aliphatic carbocycles. The molecular formula is C30H64N4O7. The number of amides is 2. The predicted molar refractivity (Wildman–Crippen MR) is 175 cm³/mol. The number of isocyanates is 2. The van der Waals surface area contributed by atoms with Gasteiger partial charge in [-0.05, 0) is 79.0 Å². The third-order valence-electron chi connectivity index (χ3n) is 4.37. The first-order chi connectivity index (χ1) is 16.3. The van der Waals surface area contributed by atoms with Crippen LogP contribution in [0.25, 0.3) is 0 Å². The highest BCUT2D eigenvalue weighted by Gasteiger charge is 2.05. The van der Waals surface area contributed by atoms with Crippen LogP contribution in [0.2, 0.25) is 0 Å². The van der Waals surface area contributed by atoms with E-state index in [0.717, 1.165) is 27.9 Å². The summed E-state index contributed by atoms with van der Waals surface area (Å²) in [7, 11) is 0. The molecule has 0 radical (unpaired) electrons. The minimum atomic E-state index is -0.587. The number of alkyl carbamates (subject to hydrolysis) is 2. The Morgan fingerprint density at radius 1 is 0.610 bits per heavy atom.